The Bertz CT molecular complexity index is 248. The van der Waals surface area contributed by atoms with Crippen molar-refractivity contribution in [3.8, 4) is 0 Å². The third-order valence-electron chi connectivity index (χ3n) is 4.55. The highest BCUT2D eigenvalue weighted by molar-refractivity contribution is 4.97. The van der Waals surface area contributed by atoms with Crippen molar-refractivity contribution in [1.82, 2.24) is 10.2 Å². The predicted molar refractivity (Wildman–Crippen MR) is 72.6 cm³/mol. The molecule has 2 aliphatic rings. The van der Waals surface area contributed by atoms with Crippen LogP contribution in [-0.2, 0) is 4.74 Å². The van der Waals surface area contributed by atoms with E-state index >= 15 is 0 Å². The van der Waals surface area contributed by atoms with Crippen molar-refractivity contribution < 1.29 is 9.84 Å². The lowest BCUT2D eigenvalue weighted by atomic mass is 9.92. The van der Waals surface area contributed by atoms with E-state index in [9.17, 15) is 5.11 Å². The van der Waals surface area contributed by atoms with Gasteiger partial charge in [-0.25, -0.2) is 0 Å². The highest BCUT2D eigenvalue weighted by Gasteiger charge is 2.44. The maximum Gasteiger partial charge on any atom is 0.0791 e. The number of hydrogen-bond donors (Lipinski definition) is 2. The molecule has 0 spiro atoms. The Labute approximate surface area is 111 Å². The van der Waals surface area contributed by atoms with Gasteiger partial charge in [0.1, 0.15) is 0 Å². The molecule has 1 saturated heterocycles. The van der Waals surface area contributed by atoms with E-state index in [0.29, 0.717) is 12.0 Å². The molecule has 0 bridgehead atoms. The van der Waals surface area contributed by atoms with E-state index in [1.165, 1.54) is 12.8 Å². The molecule has 1 aliphatic carbocycles. The largest absolute Gasteiger partial charge is 0.390 e. The molecule has 4 nitrogen and oxygen atoms in total. The van der Waals surface area contributed by atoms with Crippen molar-refractivity contribution >= 4 is 0 Å². The molecule has 4 heteroatoms. The number of morpholine rings is 1. The Morgan fingerprint density at radius 1 is 1.28 bits per heavy atom. The highest BCUT2D eigenvalue weighted by Crippen LogP contribution is 2.51. The third kappa shape index (κ3) is 3.92. The number of nitrogens with one attached hydrogen (secondary N) is 1. The van der Waals surface area contributed by atoms with Crippen LogP contribution in [-0.4, -0.2) is 62.0 Å². The smallest absolute Gasteiger partial charge is 0.0791 e. The number of β-amino-alcohol motifs (C(OH)–C–C–N with tert-alkyl or cyclic N) is 1. The van der Waals surface area contributed by atoms with Crippen LogP contribution in [0.5, 0.6) is 0 Å². The molecular weight excluding hydrogens is 228 g/mol. The zero-order valence-corrected chi connectivity index (χ0v) is 11.8. The number of aliphatic hydroxyl groups is 1. The minimum atomic E-state index is -0.258. The molecule has 1 atom stereocenters. The van der Waals surface area contributed by atoms with Crippen molar-refractivity contribution in [2.24, 2.45) is 11.3 Å². The van der Waals surface area contributed by atoms with Gasteiger partial charge in [-0.05, 0) is 24.2 Å². The van der Waals surface area contributed by atoms with Crippen LogP contribution in [0.1, 0.15) is 26.7 Å². The van der Waals surface area contributed by atoms with Crippen LogP contribution in [0.4, 0.5) is 0 Å². The van der Waals surface area contributed by atoms with E-state index in [-0.39, 0.29) is 6.10 Å². The molecular formula is C14H28N2O2. The van der Waals surface area contributed by atoms with Crippen LogP contribution in [0.25, 0.3) is 0 Å². The topological polar surface area (TPSA) is 44.7 Å². The van der Waals surface area contributed by atoms with E-state index in [1.54, 1.807) is 0 Å². The van der Waals surface area contributed by atoms with Gasteiger partial charge in [0.05, 0.1) is 19.3 Å². The lowest BCUT2D eigenvalue weighted by Crippen LogP contribution is -2.44. The zero-order valence-electron chi connectivity index (χ0n) is 11.8. The van der Waals surface area contributed by atoms with Crippen LogP contribution in [0.3, 0.4) is 0 Å². The van der Waals surface area contributed by atoms with Gasteiger partial charge in [-0.15, -0.1) is 0 Å². The highest BCUT2D eigenvalue weighted by atomic mass is 16.5. The summed E-state index contributed by atoms with van der Waals surface area (Å²) in [6.45, 7) is 10.7. The fraction of sp³-hybridized carbons (Fsp3) is 1.00. The lowest BCUT2D eigenvalue weighted by Gasteiger charge is -2.29. The summed E-state index contributed by atoms with van der Waals surface area (Å²) in [5.74, 6) is 0.751. The van der Waals surface area contributed by atoms with Crippen molar-refractivity contribution in [2.45, 2.75) is 32.8 Å². The summed E-state index contributed by atoms with van der Waals surface area (Å²) in [6.07, 6.45) is 2.43. The van der Waals surface area contributed by atoms with Gasteiger partial charge in [-0.3, -0.25) is 4.90 Å². The predicted octanol–water partition coefficient (Wildman–Crippen LogP) is 0.705. The fourth-order valence-electron chi connectivity index (χ4n) is 2.75. The summed E-state index contributed by atoms with van der Waals surface area (Å²) >= 11 is 0. The number of hydrogen-bond acceptors (Lipinski definition) is 4. The Morgan fingerprint density at radius 2 is 1.94 bits per heavy atom. The Hall–Kier alpha value is -0.160. The Morgan fingerprint density at radius 3 is 2.50 bits per heavy atom. The number of nitrogens with zero attached hydrogens (tertiary/aromatic N) is 1. The van der Waals surface area contributed by atoms with Crippen molar-refractivity contribution in [3.63, 3.8) is 0 Å². The van der Waals surface area contributed by atoms with Gasteiger partial charge in [0, 0.05) is 32.7 Å². The summed E-state index contributed by atoms with van der Waals surface area (Å²) in [5, 5.41) is 13.5. The first-order chi connectivity index (χ1) is 8.62. The van der Waals surface area contributed by atoms with Gasteiger partial charge >= 0.3 is 0 Å². The summed E-state index contributed by atoms with van der Waals surface area (Å²) in [5.41, 5.74) is 0.526. The van der Waals surface area contributed by atoms with E-state index in [1.807, 2.05) is 0 Å². The molecule has 2 N–H and O–H groups in total. The van der Waals surface area contributed by atoms with Crippen LogP contribution in [0.15, 0.2) is 0 Å². The Balaban J connectivity index is 1.58. The van der Waals surface area contributed by atoms with Gasteiger partial charge in [-0.2, -0.15) is 0 Å². The van der Waals surface area contributed by atoms with E-state index in [0.717, 1.165) is 45.3 Å². The summed E-state index contributed by atoms with van der Waals surface area (Å²) in [6, 6.07) is 0. The first-order valence-corrected chi connectivity index (χ1v) is 7.31. The molecule has 1 saturated carbocycles. The molecule has 1 unspecified atom stereocenters. The maximum atomic E-state index is 10.0. The standard InChI is InChI=1S/C14H28N2O2/c1-12(2)14(3-4-14)11-15-9-13(17)10-16-5-7-18-8-6-16/h12-13,15,17H,3-11H2,1-2H3. The van der Waals surface area contributed by atoms with Gasteiger partial charge in [0.15, 0.2) is 0 Å². The molecule has 0 aromatic carbocycles. The summed E-state index contributed by atoms with van der Waals surface area (Å²) in [7, 11) is 0. The molecule has 2 fully saturated rings. The van der Waals surface area contributed by atoms with E-state index in [4.69, 9.17) is 4.74 Å². The second-order valence-electron chi connectivity index (χ2n) is 6.21. The molecule has 0 aromatic heterocycles. The van der Waals surface area contributed by atoms with Gasteiger partial charge in [0.25, 0.3) is 0 Å². The van der Waals surface area contributed by atoms with Crippen LogP contribution >= 0.6 is 0 Å². The monoisotopic (exact) mass is 256 g/mol. The van der Waals surface area contributed by atoms with Gasteiger partial charge < -0.3 is 15.2 Å². The average Bonchev–Trinajstić information content (AvgIpc) is 3.11. The number of ether oxygens (including phenoxy) is 1. The van der Waals surface area contributed by atoms with Crippen molar-refractivity contribution in [3.05, 3.63) is 0 Å². The molecule has 1 aliphatic heterocycles. The molecule has 0 amide bonds. The first kappa shape index (κ1) is 14.3. The van der Waals surface area contributed by atoms with E-state index in [2.05, 4.69) is 24.1 Å². The molecule has 0 radical (unpaired) electrons. The van der Waals surface area contributed by atoms with Gasteiger partial charge in [0.2, 0.25) is 0 Å². The fourth-order valence-corrected chi connectivity index (χ4v) is 2.75. The first-order valence-electron chi connectivity index (χ1n) is 7.31. The van der Waals surface area contributed by atoms with Crippen LogP contribution in [0.2, 0.25) is 0 Å². The molecule has 1 heterocycles. The number of aliphatic hydroxyl groups excluding tert-OH is 1. The molecule has 2 rings (SSSR count). The number of rotatable bonds is 7. The summed E-state index contributed by atoms with van der Waals surface area (Å²) < 4.78 is 5.30. The molecule has 18 heavy (non-hydrogen) atoms. The summed E-state index contributed by atoms with van der Waals surface area (Å²) in [4.78, 5) is 2.28. The second-order valence-corrected chi connectivity index (χ2v) is 6.21. The average molecular weight is 256 g/mol. The third-order valence-corrected chi connectivity index (χ3v) is 4.55. The minimum Gasteiger partial charge on any atom is -0.390 e. The maximum absolute atomic E-state index is 10.0. The second kappa shape index (κ2) is 6.33. The Kier molecular flexibility index (Phi) is 5.01. The van der Waals surface area contributed by atoms with Crippen LogP contribution in [0, 0.1) is 11.3 Å². The molecule has 106 valence electrons. The van der Waals surface area contributed by atoms with Gasteiger partial charge in [-0.1, -0.05) is 13.8 Å². The quantitative estimate of drug-likeness (QED) is 0.704. The molecule has 0 aromatic rings. The lowest BCUT2D eigenvalue weighted by molar-refractivity contribution is 0.0147. The minimum absolute atomic E-state index is 0.258. The normalized spacial score (nSPS) is 25.3. The zero-order chi connectivity index (χ0) is 13.0. The SMILES string of the molecule is CC(C)C1(CNCC(O)CN2CCOCC2)CC1. The van der Waals surface area contributed by atoms with E-state index < -0.39 is 0 Å². The van der Waals surface area contributed by atoms with Crippen LogP contribution < -0.4 is 5.32 Å². The van der Waals surface area contributed by atoms with Crippen molar-refractivity contribution in [1.29, 1.82) is 0 Å². The van der Waals surface area contributed by atoms with Crippen molar-refractivity contribution in [2.75, 3.05) is 45.9 Å².